The molecule has 160 valence electrons. The first-order valence-electron chi connectivity index (χ1n) is 11.6. The van der Waals surface area contributed by atoms with E-state index in [1.54, 1.807) is 0 Å². The maximum absolute atomic E-state index is 2.35. The lowest BCUT2D eigenvalue weighted by Crippen LogP contribution is -1.92. The van der Waals surface area contributed by atoms with Gasteiger partial charge in [-0.25, -0.2) is 0 Å². The summed E-state index contributed by atoms with van der Waals surface area (Å²) in [6.07, 6.45) is 0. The zero-order valence-electron chi connectivity index (χ0n) is 19.2. The lowest BCUT2D eigenvalue weighted by Gasteiger charge is -2.14. The molecule has 0 atom stereocenters. The Hall–Kier alpha value is -3.90. The van der Waals surface area contributed by atoms with Gasteiger partial charge in [0.1, 0.15) is 0 Å². The highest BCUT2D eigenvalue weighted by molar-refractivity contribution is 5.79. The maximum atomic E-state index is 2.35. The minimum absolute atomic E-state index is 0.457. The molecule has 0 N–H and O–H groups in total. The van der Waals surface area contributed by atoms with Gasteiger partial charge in [-0.3, -0.25) is 0 Å². The SMILES string of the molecule is CC(C)c1cc(-c2cccc(-c3ccccc3)c2)cc(-c2cccc(-c3ccccc3)c2)c1. The zero-order chi connectivity index (χ0) is 22.6. The van der Waals surface area contributed by atoms with E-state index < -0.39 is 0 Å². The molecule has 0 heterocycles. The fourth-order valence-electron chi connectivity index (χ4n) is 4.34. The summed E-state index contributed by atoms with van der Waals surface area (Å²) in [6.45, 7) is 4.54. The largest absolute Gasteiger partial charge is 0.0622 e. The van der Waals surface area contributed by atoms with E-state index in [0.717, 1.165) is 0 Å². The van der Waals surface area contributed by atoms with Crippen molar-refractivity contribution < 1.29 is 0 Å². The molecule has 0 heteroatoms. The molecule has 0 aliphatic carbocycles. The minimum Gasteiger partial charge on any atom is -0.0622 e. The highest BCUT2D eigenvalue weighted by Gasteiger charge is 2.10. The Bertz CT molecular complexity index is 1260. The molecule has 0 nitrogen and oxygen atoms in total. The lowest BCUT2D eigenvalue weighted by molar-refractivity contribution is 0.867. The minimum atomic E-state index is 0.457. The molecule has 5 aromatic carbocycles. The average molecular weight is 425 g/mol. The van der Waals surface area contributed by atoms with Crippen LogP contribution >= 0.6 is 0 Å². The second kappa shape index (κ2) is 9.30. The van der Waals surface area contributed by atoms with Crippen LogP contribution in [0.4, 0.5) is 0 Å². The summed E-state index contributed by atoms with van der Waals surface area (Å²) in [5.41, 5.74) is 11.4. The molecular weight excluding hydrogens is 396 g/mol. The van der Waals surface area contributed by atoms with Crippen molar-refractivity contribution in [3.63, 3.8) is 0 Å². The Balaban J connectivity index is 1.60. The van der Waals surface area contributed by atoms with Crippen LogP contribution in [0.25, 0.3) is 44.5 Å². The molecular formula is C33H28. The topological polar surface area (TPSA) is 0 Å². The number of benzene rings is 5. The van der Waals surface area contributed by atoms with Crippen LogP contribution in [0.5, 0.6) is 0 Å². The Morgan fingerprint density at radius 2 is 0.667 bits per heavy atom. The fourth-order valence-corrected chi connectivity index (χ4v) is 4.34. The van der Waals surface area contributed by atoms with Crippen molar-refractivity contribution in [2.75, 3.05) is 0 Å². The van der Waals surface area contributed by atoms with E-state index in [0.29, 0.717) is 5.92 Å². The van der Waals surface area contributed by atoms with Crippen LogP contribution < -0.4 is 0 Å². The van der Waals surface area contributed by atoms with Crippen LogP contribution in [0.1, 0.15) is 25.3 Å². The monoisotopic (exact) mass is 424 g/mol. The number of rotatable bonds is 5. The molecule has 0 fully saturated rings. The zero-order valence-corrected chi connectivity index (χ0v) is 19.2. The van der Waals surface area contributed by atoms with E-state index in [4.69, 9.17) is 0 Å². The summed E-state index contributed by atoms with van der Waals surface area (Å²) in [6, 6.07) is 46.0. The summed E-state index contributed by atoms with van der Waals surface area (Å²) in [5.74, 6) is 0.457. The second-order valence-electron chi connectivity index (χ2n) is 8.89. The van der Waals surface area contributed by atoms with E-state index >= 15 is 0 Å². The van der Waals surface area contributed by atoms with Gasteiger partial charge in [0.05, 0.1) is 0 Å². The van der Waals surface area contributed by atoms with Gasteiger partial charge in [-0.2, -0.15) is 0 Å². The van der Waals surface area contributed by atoms with Gasteiger partial charge >= 0.3 is 0 Å². The molecule has 0 aliphatic rings. The van der Waals surface area contributed by atoms with Gasteiger partial charge in [0.15, 0.2) is 0 Å². The van der Waals surface area contributed by atoms with E-state index in [1.807, 2.05) is 0 Å². The van der Waals surface area contributed by atoms with Gasteiger partial charge in [0.2, 0.25) is 0 Å². The highest BCUT2D eigenvalue weighted by Crippen LogP contribution is 2.34. The molecule has 0 aromatic heterocycles. The molecule has 0 bridgehead atoms. The number of hydrogen-bond acceptors (Lipinski definition) is 0. The third kappa shape index (κ3) is 4.66. The van der Waals surface area contributed by atoms with Crippen molar-refractivity contribution >= 4 is 0 Å². The second-order valence-corrected chi connectivity index (χ2v) is 8.89. The van der Waals surface area contributed by atoms with Crippen molar-refractivity contribution in [1.29, 1.82) is 0 Å². The predicted octanol–water partition coefficient (Wildman–Crippen LogP) is 9.48. The van der Waals surface area contributed by atoms with Crippen LogP contribution in [0.15, 0.2) is 127 Å². The van der Waals surface area contributed by atoms with Crippen LogP contribution in [-0.4, -0.2) is 0 Å². The molecule has 0 amide bonds. The van der Waals surface area contributed by atoms with Gasteiger partial charge in [-0.15, -0.1) is 0 Å². The molecule has 33 heavy (non-hydrogen) atoms. The molecule has 5 rings (SSSR count). The molecule has 0 spiro atoms. The third-order valence-corrected chi connectivity index (χ3v) is 6.23. The average Bonchev–Trinajstić information content (AvgIpc) is 2.89. The van der Waals surface area contributed by atoms with Gasteiger partial charge < -0.3 is 0 Å². The lowest BCUT2D eigenvalue weighted by atomic mass is 9.90. The standard InChI is InChI=1S/C33H28/c1-24(2)31-21-32(29-17-9-15-27(19-29)25-11-5-3-6-12-25)23-33(22-31)30-18-10-16-28(20-30)26-13-7-4-8-14-26/h3-24H,1-2H3. The summed E-state index contributed by atoms with van der Waals surface area (Å²) in [5, 5.41) is 0. The van der Waals surface area contributed by atoms with Gasteiger partial charge in [-0.1, -0.05) is 123 Å². The molecule has 5 aromatic rings. The fraction of sp³-hybridized carbons (Fsp3) is 0.0909. The van der Waals surface area contributed by atoms with Crippen LogP contribution in [0.3, 0.4) is 0 Å². The van der Waals surface area contributed by atoms with Crippen molar-refractivity contribution in [2.45, 2.75) is 19.8 Å². The first-order valence-corrected chi connectivity index (χ1v) is 11.6. The Morgan fingerprint density at radius 3 is 1.06 bits per heavy atom. The van der Waals surface area contributed by atoms with E-state index in [9.17, 15) is 0 Å². The van der Waals surface area contributed by atoms with Crippen molar-refractivity contribution in [1.82, 2.24) is 0 Å². The Kier molecular flexibility index (Phi) is 5.91. The Labute approximate surface area is 197 Å². The smallest absolute Gasteiger partial charge is 0.0175 e. The van der Waals surface area contributed by atoms with Gasteiger partial charge in [0.25, 0.3) is 0 Å². The summed E-state index contributed by atoms with van der Waals surface area (Å²) in [4.78, 5) is 0. The van der Waals surface area contributed by atoms with E-state index in [-0.39, 0.29) is 0 Å². The summed E-state index contributed by atoms with van der Waals surface area (Å²) < 4.78 is 0. The van der Waals surface area contributed by atoms with Crippen molar-refractivity contribution in [2.24, 2.45) is 0 Å². The quantitative estimate of drug-likeness (QED) is 0.263. The normalized spacial score (nSPS) is 11.0. The van der Waals surface area contributed by atoms with Crippen molar-refractivity contribution in [3.8, 4) is 44.5 Å². The highest BCUT2D eigenvalue weighted by atomic mass is 14.1. The number of hydrogen-bond donors (Lipinski definition) is 0. The van der Waals surface area contributed by atoms with Gasteiger partial charge in [0, 0.05) is 0 Å². The Morgan fingerprint density at radius 1 is 0.333 bits per heavy atom. The van der Waals surface area contributed by atoms with Crippen LogP contribution in [0.2, 0.25) is 0 Å². The maximum Gasteiger partial charge on any atom is -0.0175 e. The molecule has 0 saturated carbocycles. The molecule has 0 unspecified atom stereocenters. The van der Waals surface area contributed by atoms with E-state index in [1.165, 1.54) is 50.1 Å². The first kappa shape index (κ1) is 21.0. The van der Waals surface area contributed by atoms with Crippen molar-refractivity contribution in [3.05, 3.63) is 133 Å². The summed E-state index contributed by atoms with van der Waals surface area (Å²) >= 11 is 0. The molecule has 0 radical (unpaired) electrons. The molecule has 0 saturated heterocycles. The summed E-state index contributed by atoms with van der Waals surface area (Å²) in [7, 11) is 0. The predicted molar refractivity (Wildman–Crippen MR) is 142 cm³/mol. The first-order chi connectivity index (χ1) is 16.2. The van der Waals surface area contributed by atoms with Crippen LogP contribution in [0, 0.1) is 0 Å². The van der Waals surface area contributed by atoms with E-state index in [2.05, 4.69) is 141 Å². The van der Waals surface area contributed by atoms with Crippen LogP contribution in [-0.2, 0) is 0 Å². The third-order valence-electron chi connectivity index (χ3n) is 6.23. The van der Waals surface area contributed by atoms with Gasteiger partial charge in [-0.05, 0) is 74.2 Å². The molecule has 0 aliphatic heterocycles.